The smallest absolute Gasteiger partial charge is 0.0175 e. The molecule has 14 heavy (non-hydrogen) atoms. The van der Waals surface area contributed by atoms with Gasteiger partial charge in [0.25, 0.3) is 0 Å². The Hall–Kier alpha value is 0.180. The third-order valence-electron chi connectivity index (χ3n) is 1.72. The van der Waals surface area contributed by atoms with Gasteiger partial charge in [0, 0.05) is 9.80 Å². The summed E-state index contributed by atoms with van der Waals surface area (Å²) in [6.07, 6.45) is 5.47. The van der Waals surface area contributed by atoms with Crippen LogP contribution in [0.15, 0.2) is 34.8 Å². The van der Waals surface area contributed by atoms with Crippen LogP contribution in [0.25, 0.3) is 0 Å². The number of alkyl halides is 1. The molecule has 0 N–H and O–H groups in total. The largest absolute Gasteiger partial charge is 0.0928 e. The van der Waals surface area contributed by atoms with Gasteiger partial charge in [-0.2, -0.15) is 0 Å². The predicted octanol–water partition coefficient (Wildman–Crippen LogP) is 5.41. The zero-order valence-electron chi connectivity index (χ0n) is 8.68. The van der Waals surface area contributed by atoms with E-state index in [0.29, 0.717) is 0 Å². The molecule has 0 aromatic heterocycles. The van der Waals surface area contributed by atoms with Gasteiger partial charge in [-0.25, -0.2) is 0 Å². The first-order valence-electron chi connectivity index (χ1n) is 5.07. The van der Waals surface area contributed by atoms with Crippen molar-refractivity contribution < 1.29 is 0 Å². The molecule has 0 bridgehead atoms. The first-order chi connectivity index (χ1) is 6.81. The molecule has 2 heteroatoms. The number of halogens is 2. The Balaban J connectivity index is 0.000000241. The number of hydrogen-bond donors (Lipinski definition) is 0. The van der Waals surface area contributed by atoms with Crippen LogP contribution in [0.2, 0.25) is 0 Å². The standard InChI is InChI=1S/C6H5Br.C6H13Br/c7-6-4-2-1-3-5-6;1-2-3-4-5-6-7/h1-5H;2-6H2,1H3. The van der Waals surface area contributed by atoms with E-state index in [1.165, 1.54) is 31.0 Å². The molecule has 0 saturated heterocycles. The van der Waals surface area contributed by atoms with Gasteiger partial charge in [0.2, 0.25) is 0 Å². The van der Waals surface area contributed by atoms with Crippen LogP contribution in [0.1, 0.15) is 32.6 Å². The van der Waals surface area contributed by atoms with Gasteiger partial charge in [-0.3, -0.25) is 0 Å². The average molecular weight is 322 g/mol. The molecule has 80 valence electrons. The molecule has 1 rings (SSSR count). The highest BCUT2D eigenvalue weighted by molar-refractivity contribution is 9.10. The van der Waals surface area contributed by atoms with E-state index in [0.717, 1.165) is 4.47 Å². The van der Waals surface area contributed by atoms with Gasteiger partial charge < -0.3 is 0 Å². The molecule has 0 aliphatic rings. The summed E-state index contributed by atoms with van der Waals surface area (Å²) in [4.78, 5) is 0. The summed E-state index contributed by atoms with van der Waals surface area (Å²) in [6.45, 7) is 2.23. The van der Waals surface area contributed by atoms with Crippen LogP contribution in [-0.4, -0.2) is 5.33 Å². The van der Waals surface area contributed by atoms with Crippen LogP contribution < -0.4 is 0 Å². The zero-order chi connectivity index (χ0) is 10.6. The Morgan fingerprint density at radius 2 is 1.64 bits per heavy atom. The Kier molecular flexibility index (Phi) is 11.4. The third kappa shape index (κ3) is 10.3. The molecule has 0 atom stereocenters. The van der Waals surface area contributed by atoms with Gasteiger partial charge in [-0.05, 0) is 18.6 Å². The van der Waals surface area contributed by atoms with Gasteiger partial charge in [-0.1, -0.05) is 76.2 Å². The Bertz CT molecular complexity index is 193. The maximum atomic E-state index is 3.38. The highest BCUT2D eigenvalue weighted by atomic mass is 79.9. The van der Waals surface area contributed by atoms with E-state index in [-0.39, 0.29) is 0 Å². The van der Waals surface area contributed by atoms with Gasteiger partial charge >= 0.3 is 0 Å². The molecule has 0 nitrogen and oxygen atoms in total. The summed E-state index contributed by atoms with van der Waals surface area (Å²) in [5.74, 6) is 0. The number of hydrogen-bond acceptors (Lipinski definition) is 0. The van der Waals surface area contributed by atoms with Crippen LogP contribution in [0.5, 0.6) is 0 Å². The quantitative estimate of drug-likeness (QED) is 0.513. The van der Waals surface area contributed by atoms with Crippen LogP contribution in [0, 0.1) is 0 Å². The highest BCUT2D eigenvalue weighted by Crippen LogP contribution is 2.05. The Labute approximate surface area is 104 Å². The molecule has 0 saturated carbocycles. The average Bonchev–Trinajstić information content (AvgIpc) is 2.21. The van der Waals surface area contributed by atoms with E-state index in [9.17, 15) is 0 Å². The molecule has 0 aliphatic heterocycles. The fraction of sp³-hybridized carbons (Fsp3) is 0.500. The van der Waals surface area contributed by atoms with Crippen molar-refractivity contribution in [2.45, 2.75) is 32.6 Å². The lowest BCUT2D eigenvalue weighted by Gasteiger charge is -1.89. The molecule has 1 aromatic rings. The van der Waals surface area contributed by atoms with Crippen molar-refractivity contribution in [3.05, 3.63) is 34.8 Å². The minimum absolute atomic E-state index is 1.13. The van der Waals surface area contributed by atoms with Gasteiger partial charge in [0.05, 0.1) is 0 Å². The van der Waals surface area contributed by atoms with Crippen molar-refractivity contribution >= 4 is 31.9 Å². The lowest BCUT2D eigenvalue weighted by molar-refractivity contribution is 0.708. The minimum Gasteiger partial charge on any atom is -0.0928 e. The normalized spacial score (nSPS) is 9.07. The molecular formula is C12H18Br2. The summed E-state index contributed by atoms with van der Waals surface area (Å²) in [5, 5.41) is 1.17. The maximum Gasteiger partial charge on any atom is 0.0175 e. The SMILES string of the molecule is Brc1ccccc1.CCCCCCBr. The first-order valence-corrected chi connectivity index (χ1v) is 6.99. The molecule has 0 fully saturated rings. The fourth-order valence-corrected chi connectivity index (χ4v) is 1.64. The second kappa shape index (κ2) is 11.3. The van der Waals surface area contributed by atoms with Crippen LogP contribution in [0.4, 0.5) is 0 Å². The van der Waals surface area contributed by atoms with E-state index >= 15 is 0 Å². The number of unbranched alkanes of at least 4 members (excludes halogenated alkanes) is 3. The zero-order valence-corrected chi connectivity index (χ0v) is 11.9. The molecule has 0 spiro atoms. The van der Waals surface area contributed by atoms with E-state index in [2.05, 4.69) is 38.8 Å². The minimum atomic E-state index is 1.13. The van der Waals surface area contributed by atoms with Crippen molar-refractivity contribution in [3.63, 3.8) is 0 Å². The summed E-state index contributed by atoms with van der Waals surface area (Å²) in [6, 6.07) is 9.97. The predicted molar refractivity (Wildman–Crippen MR) is 72.1 cm³/mol. The summed E-state index contributed by atoms with van der Waals surface area (Å²) < 4.78 is 1.13. The molecule has 0 radical (unpaired) electrons. The second-order valence-corrected chi connectivity index (χ2v) is 4.75. The first kappa shape index (κ1) is 14.2. The monoisotopic (exact) mass is 320 g/mol. The Morgan fingerprint density at radius 1 is 1.00 bits per heavy atom. The van der Waals surface area contributed by atoms with Crippen molar-refractivity contribution in [1.29, 1.82) is 0 Å². The number of rotatable bonds is 4. The van der Waals surface area contributed by atoms with Crippen LogP contribution in [0.3, 0.4) is 0 Å². The van der Waals surface area contributed by atoms with E-state index in [1.54, 1.807) is 0 Å². The maximum absolute atomic E-state index is 3.38. The van der Waals surface area contributed by atoms with Gasteiger partial charge in [-0.15, -0.1) is 0 Å². The summed E-state index contributed by atoms with van der Waals surface area (Å²) >= 11 is 6.69. The lowest BCUT2D eigenvalue weighted by Crippen LogP contribution is -1.73. The highest BCUT2D eigenvalue weighted by Gasteiger charge is 1.81. The molecule has 0 heterocycles. The van der Waals surface area contributed by atoms with Crippen LogP contribution >= 0.6 is 31.9 Å². The Morgan fingerprint density at radius 3 is 2.00 bits per heavy atom. The summed E-state index contributed by atoms with van der Waals surface area (Å²) in [7, 11) is 0. The second-order valence-electron chi connectivity index (χ2n) is 3.05. The molecule has 1 aromatic carbocycles. The molecule has 0 amide bonds. The molecule has 0 unspecified atom stereocenters. The van der Waals surface area contributed by atoms with Gasteiger partial charge in [0.1, 0.15) is 0 Å². The van der Waals surface area contributed by atoms with Crippen molar-refractivity contribution in [3.8, 4) is 0 Å². The van der Waals surface area contributed by atoms with Crippen LogP contribution in [-0.2, 0) is 0 Å². The topological polar surface area (TPSA) is 0 Å². The summed E-state index contributed by atoms with van der Waals surface area (Å²) in [5.41, 5.74) is 0. The third-order valence-corrected chi connectivity index (χ3v) is 2.81. The van der Waals surface area contributed by atoms with Gasteiger partial charge in [0.15, 0.2) is 0 Å². The molecular weight excluding hydrogens is 304 g/mol. The molecule has 0 aliphatic carbocycles. The fourth-order valence-electron chi connectivity index (χ4n) is 0.936. The number of benzene rings is 1. The lowest BCUT2D eigenvalue weighted by atomic mass is 10.2. The van der Waals surface area contributed by atoms with Crippen molar-refractivity contribution in [1.82, 2.24) is 0 Å². The van der Waals surface area contributed by atoms with Crippen molar-refractivity contribution in [2.75, 3.05) is 5.33 Å². The van der Waals surface area contributed by atoms with E-state index in [1.807, 2.05) is 30.3 Å². The van der Waals surface area contributed by atoms with Crippen molar-refractivity contribution in [2.24, 2.45) is 0 Å². The van der Waals surface area contributed by atoms with E-state index in [4.69, 9.17) is 0 Å². The van der Waals surface area contributed by atoms with E-state index < -0.39 is 0 Å².